The molecule has 5 heteroatoms. The van der Waals surface area contributed by atoms with E-state index in [4.69, 9.17) is 11.6 Å². The third kappa shape index (κ3) is 3.18. The van der Waals surface area contributed by atoms with Crippen LogP contribution in [0.2, 0.25) is 5.02 Å². The Balaban J connectivity index is 1.79. The molecule has 0 aliphatic rings. The van der Waals surface area contributed by atoms with E-state index in [0.717, 1.165) is 22.0 Å². The fraction of sp³-hybridized carbons (Fsp3) is 0.176. The molecule has 1 heterocycles. The van der Waals surface area contributed by atoms with Gasteiger partial charge in [-0.25, -0.2) is 9.97 Å². The third-order valence-corrected chi connectivity index (χ3v) is 3.72. The summed E-state index contributed by atoms with van der Waals surface area (Å²) in [4.78, 5) is 8.44. The van der Waals surface area contributed by atoms with Crippen molar-refractivity contribution in [1.29, 1.82) is 0 Å². The van der Waals surface area contributed by atoms with E-state index >= 15 is 0 Å². The molecule has 0 aliphatic carbocycles. The molecule has 1 atom stereocenters. The predicted octanol–water partition coefficient (Wildman–Crippen LogP) is 3.74. The van der Waals surface area contributed by atoms with Crippen molar-refractivity contribution in [3.63, 3.8) is 0 Å². The number of rotatable bonds is 4. The summed E-state index contributed by atoms with van der Waals surface area (Å²) in [5.74, 6) is 0.688. The molecule has 3 aromatic rings. The number of nitrogens with one attached hydrogen (secondary N) is 1. The standard InChI is InChI=1S/C17H16ClN3O/c1-11-3-2-4-12(7-11)16(22)9-19-17-14-6-5-13(18)8-15(14)20-10-21-17/h2-8,10,16,22H,9H2,1H3,(H,19,20,21). The molecule has 3 rings (SSSR count). The van der Waals surface area contributed by atoms with Crippen molar-refractivity contribution in [2.75, 3.05) is 11.9 Å². The summed E-state index contributed by atoms with van der Waals surface area (Å²) in [6, 6.07) is 13.3. The molecule has 2 aromatic carbocycles. The maximum atomic E-state index is 10.3. The molecule has 4 nitrogen and oxygen atoms in total. The van der Waals surface area contributed by atoms with Crippen molar-refractivity contribution in [3.05, 3.63) is 64.9 Å². The van der Waals surface area contributed by atoms with Crippen LogP contribution in [-0.2, 0) is 0 Å². The number of hydrogen-bond donors (Lipinski definition) is 2. The monoisotopic (exact) mass is 313 g/mol. The van der Waals surface area contributed by atoms with E-state index in [1.54, 1.807) is 12.1 Å². The van der Waals surface area contributed by atoms with Crippen LogP contribution in [0.3, 0.4) is 0 Å². The van der Waals surface area contributed by atoms with Crippen LogP contribution in [0.15, 0.2) is 48.8 Å². The quantitative estimate of drug-likeness (QED) is 0.770. The average molecular weight is 314 g/mol. The van der Waals surface area contributed by atoms with Gasteiger partial charge in [0.15, 0.2) is 0 Å². The van der Waals surface area contributed by atoms with Crippen molar-refractivity contribution in [2.45, 2.75) is 13.0 Å². The second-order valence-electron chi connectivity index (χ2n) is 5.19. The molecule has 22 heavy (non-hydrogen) atoms. The number of aryl methyl sites for hydroxylation is 1. The van der Waals surface area contributed by atoms with Crippen molar-refractivity contribution >= 4 is 28.3 Å². The normalized spacial score (nSPS) is 12.3. The second kappa shape index (κ2) is 6.30. The summed E-state index contributed by atoms with van der Waals surface area (Å²) in [5, 5.41) is 15.0. The minimum Gasteiger partial charge on any atom is -0.387 e. The van der Waals surface area contributed by atoms with Gasteiger partial charge < -0.3 is 10.4 Å². The van der Waals surface area contributed by atoms with E-state index in [2.05, 4.69) is 15.3 Å². The zero-order valence-corrected chi connectivity index (χ0v) is 12.9. The summed E-state index contributed by atoms with van der Waals surface area (Å²) < 4.78 is 0. The van der Waals surface area contributed by atoms with Gasteiger partial charge in [-0.1, -0.05) is 41.4 Å². The van der Waals surface area contributed by atoms with Crippen LogP contribution in [0.25, 0.3) is 10.9 Å². The molecule has 0 saturated heterocycles. The molecule has 112 valence electrons. The molecule has 0 radical (unpaired) electrons. The smallest absolute Gasteiger partial charge is 0.137 e. The number of fused-ring (bicyclic) bond motifs is 1. The lowest BCUT2D eigenvalue weighted by Crippen LogP contribution is -2.13. The minimum absolute atomic E-state index is 0.373. The van der Waals surface area contributed by atoms with E-state index in [9.17, 15) is 5.11 Å². The summed E-state index contributed by atoms with van der Waals surface area (Å²) in [7, 11) is 0. The van der Waals surface area contributed by atoms with Gasteiger partial charge in [-0.15, -0.1) is 0 Å². The van der Waals surface area contributed by atoms with Crippen LogP contribution in [-0.4, -0.2) is 21.6 Å². The molecule has 2 N–H and O–H groups in total. The number of hydrogen-bond acceptors (Lipinski definition) is 4. The Morgan fingerprint density at radius 2 is 2.05 bits per heavy atom. The van der Waals surface area contributed by atoms with Crippen LogP contribution in [0.5, 0.6) is 0 Å². The first-order valence-electron chi connectivity index (χ1n) is 7.02. The Labute approximate surface area is 133 Å². The molecule has 0 fully saturated rings. The summed E-state index contributed by atoms with van der Waals surface area (Å²) >= 11 is 5.97. The van der Waals surface area contributed by atoms with E-state index in [1.165, 1.54) is 6.33 Å². The van der Waals surface area contributed by atoms with Gasteiger partial charge in [-0.05, 0) is 30.7 Å². The molecule has 0 amide bonds. The zero-order valence-electron chi connectivity index (χ0n) is 12.1. The van der Waals surface area contributed by atoms with Gasteiger partial charge in [0.1, 0.15) is 12.1 Å². The highest BCUT2D eigenvalue weighted by Crippen LogP contribution is 2.23. The van der Waals surface area contributed by atoms with Gasteiger partial charge >= 0.3 is 0 Å². The minimum atomic E-state index is -0.600. The van der Waals surface area contributed by atoms with Gasteiger partial charge in [-0.3, -0.25) is 0 Å². The fourth-order valence-corrected chi connectivity index (χ4v) is 2.53. The highest BCUT2D eigenvalue weighted by molar-refractivity contribution is 6.31. The topological polar surface area (TPSA) is 58.0 Å². The zero-order chi connectivity index (χ0) is 15.5. The molecular weight excluding hydrogens is 298 g/mol. The summed E-state index contributed by atoms with van der Waals surface area (Å²) in [6.45, 7) is 2.38. The molecular formula is C17H16ClN3O. The maximum absolute atomic E-state index is 10.3. The fourth-order valence-electron chi connectivity index (χ4n) is 2.36. The molecule has 0 spiro atoms. The van der Waals surface area contributed by atoms with Gasteiger partial charge in [0, 0.05) is 17.0 Å². The second-order valence-corrected chi connectivity index (χ2v) is 5.63. The Hall–Kier alpha value is -2.17. The van der Waals surface area contributed by atoms with Crippen molar-refractivity contribution < 1.29 is 5.11 Å². The number of nitrogens with zero attached hydrogens (tertiary/aromatic N) is 2. The highest BCUT2D eigenvalue weighted by atomic mass is 35.5. The van der Waals surface area contributed by atoms with Crippen molar-refractivity contribution in [3.8, 4) is 0 Å². The average Bonchev–Trinajstić information content (AvgIpc) is 2.52. The van der Waals surface area contributed by atoms with E-state index in [1.807, 2.05) is 37.3 Å². The maximum Gasteiger partial charge on any atom is 0.137 e. The van der Waals surface area contributed by atoms with Crippen LogP contribution < -0.4 is 5.32 Å². The van der Waals surface area contributed by atoms with Crippen LogP contribution in [0, 0.1) is 6.92 Å². The Bertz CT molecular complexity index is 807. The lowest BCUT2D eigenvalue weighted by molar-refractivity contribution is 0.191. The molecule has 0 aliphatic heterocycles. The van der Waals surface area contributed by atoms with Crippen molar-refractivity contribution in [2.24, 2.45) is 0 Å². The van der Waals surface area contributed by atoms with Gasteiger partial charge in [0.2, 0.25) is 0 Å². The summed E-state index contributed by atoms with van der Waals surface area (Å²) in [6.07, 6.45) is 0.886. The SMILES string of the molecule is Cc1cccc(C(O)CNc2ncnc3cc(Cl)ccc23)c1. The van der Waals surface area contributed by atoms with Gasteiger partial charge in [0.05, 0.1) is 11.6 Å². The number of aliphatic hydroxyl groups is 1. The van der Waals surface area contributed by atoms with Crippen LogP contribution >= 0.6 is 11.6 Å². The first-order valence-corrected chi connectivity index (χ1v) is 7.40. The van der Waals surface area contributed by atoms with E-state index < -0.39 is 6.10 Å². The molecule has 0 bridgehead atoms. The summed E-state index contributed by atoms with van der Waals surface area (Å²) in [5.41, 5.74) is 2.78. The number of aliphatic hydroxyl groups excluding tert-OH is 1. The van der Waals surface area contributed by atoms with Crippen LogP contribution in [0.1, 0.15) is 17.2 Å². The predicted molar refractivity (Wildman–Crippen MR) is 89.2 cm³/mol. The number of benzene rings is 2. The molecule has 1 unspecified atom stereocenters. The molecule has 0 saturated carbocycles. The Morgan fingerprint density at radius 3 is 2.86 bits per heavy atom. The lowest BCUT2D eigenvalue weighted by atomic mass is 10.1. The third-order valence-electron chi connectivity index (χ3n) is 3.49. The van der Waals surface area contributed by atoms with Crippen LogP contribution in [0.4, 0.5) is 5.82 Å². The number of anilines is 1. The van der Waals surface area contributed by atoms with E-state index in [-0.39, 0.29) is 0 Å². The Morgan fingerprint density at radius 1 is 1.18 bits per heavy atom. The number of halogens is 1. The Kier molecular flexibility index (Phi) is 4.22. The molecule has 1 aromatic heterocycles. The van der Waals surface area contributed by atoms with E-state index in [0.29, 0.717) is 17.4 Å². The number of aromatic nitrogens is 2. The van der Waals surface area contributed by atoms with Gasteiger partial charge in [0.25, 0.3) is 0 Å². The first kappa shape index (κ1) is 14.8. The van der Waals surface area contributed by atoms with Gasteiger partial charge in [-0.2, -0.15) is 0 Å². The van der Waals surface area contributed by atoms with Crippen molar-refractivity contribution in [1.82, 2.24) is 9.97 Å². The largest absolute Gasteiger partial charge is 0.387 e. The first-order chi connectivity index (χ1) is 10.6. The lowest BCUT2D eigenvalue weighted by Gasteiger charge is -2.14. The highest BCUT2D eigenvalue weighted by Gasteiger charge is 2.09.